The molecule has 0 bridgehead atoms. The van der Waals surface area contributed by atoms with Gasteiger partial charge in [-0.25, -0.2) is 9.78 Å². The molecule has 3 rings (SSSR count). The molecule has 8 nitrogen and oxygen atoms in total. The number of nitrogens with zero attached hydrogens (tertiary/aromatic N) is 2. The molecule has 134 valence electrons. The largest absolute Gasteiger partial charge is 0.462 e. The number of aromatic nitrogens is 1. The Kier molecular flexibility index (Phi) is 5.04. The van der Waals surface area contributed by atoms with Crippen molar-refractivity contribution >= 4 is 35.4 Å². The van der Waals surface area contributed by atoms with E-state index in [4.69, 9.17) is 25.8 Å². The van der Waals surface area contributed by atoms with Gasteiger partial charge in [-0.05, 0) is 30.7 Å². The lowest BCUT2D eigenvalue weighted by molar-refractivity contribution is -0.385. The summed E-state index contributed by atoms with van der Waals surface area (Å²) in [6.45, 7) is 1.88. The highest BCUT2D eigenvalue weighted by molar-refractivity contribution is 6.32. The molecule has 0 saturated carbocycles. The van der Waals surface area contributed by atoms with E-state index in [1.54, 1.807) is 31.2 Å². The van der Waals surface area contributed by atoms with Gasteiger partial charge in [0.2, 0.25) is 6.79 Å². The van der Waals surface area contributed by atoms with Crippen molar-refractivity contribution in [1.29, 1.82) is 0 Å². The van der Waals surface area contributed by atoms with E-state index >= 15 is 0 Å². The number of carbonyl (C=O) groups excluding carboxylic acids is 1. The van der Waals surface area contributed by atoms with Crippen LogP contribution in [0.5, 0.6) is 11.5 Å². The van der Waals surface area contributed by atoms with E-state index in [1.807, 2.05) is 0 Å². The van der Waals surface area contributed by atoms with E-state index in [2.05, 4.69) is 4.98 Å². The van der Waals surface area contributed by atoms with E-state index in [-0.39, 0.29) is 30.3 Å². The van der Waals surface area contributed by atoms with E-state index < -0.39 is 10.9 Å². The fraction of sp³-hybridized carbons (Fsp3) is 0.176. The first kappa shape index (κ1) is 17.7. The van der Waals surface area contributed by atoms with Crippen LogP contribution in [-0.4, -0.2) is 29.3 Å². The number of benzene rings is 1. The summed E-state index contributed by atoms with van der Waals surface area (Å²) < 4.78 is 15.5. The number of rotatable bonds is 5. The summed E-state index contributed by atoms with van der Waals surface area (Å²) in [4.78, 5) is 26.4. The van der Waals surface area contributed by atoms with Crippen LogP contribution in [0.2, 0.25) is 5.02 Å². The van der Waals surface area contributed by atoms with Gasteiger partial charge < -0.3 is 14.2 Å². The lowest BCUT2D eigenvalue weighted by atomic mass is 10.1. The van der Waals surface area contributed by atoms with Crippen molar-refractivity contribution in [3.63, 3.8) is 0 Å². The maximum atomic E-state index is 12.1. The molecule has 1 aliphatic heterocycles. The first-order valence-electron chi connectivity index (χ1n) is 7.58. The molecule has 9 heteroatoms. The first-order valence-corrected chi connectivity index (χ1v) is 7.96. The van der Waals surface area contributed by atoms with Crippen molar-refractivity contribution in [3.8, 4) is 11.5 Å². The van der Waals surface area contributed by atoms with Crippen LogP contribution in [0.4, 0.5) is 5.69 Å². The van der Waals surface area contributed by atoms with Crippen molar-refractivity contribution in [3.05, 3.63) is 56.4 Å². The van der Waals surface area contributed by atoms with Crippen LogP contribution in [0.15, 0.2) is 24.4 Å². The number of hydrogen-bond acceptors (Lipinski definition) is 7. The lowest BCUT2D eigenvalue weighted by Crippen LogP contribution is -2.08. The normalized spacial score (nSPS) is 12.4. The second-order valence-electron chi connectivity index (χ2n) is 5.17. The number of halogens is 1. The lowest BCUT2D eigenvalue weighted by Gasteiger charge is -2.05. The van der Waals surface area contributed by atoms with E-state index in [1.165, 1.54) is 0 Å². The number of fused-ring (bicyclic) bond motifs is 1. The standard InChI is InChI=1S/C17H13ClN2O6/c1-2-24-17(21)12-7-11(20(22)23)8-19-14(12)4-3-10-5-13(18)16-15(6-10)25-9-26-16/h3-8H,2,9H2,1H3/b4-3+. The summed E-state index contributed by atoms with van der Waals surface area (Å²) in [5, 5.41) is 11.3. The molecule has 1 aromatic heterocycles. The monoisotopic (exact) mass is 376 g/mol. The Morgan fingerprint density at radius 2 is 2.19 bits per heavy atom. The molecule has 26 heavy (non-hydrogen) atoms. The maximum absolute atomic E-state index is 12.1. The Balaban J connectivity index is 1.96. The van der Waals surface area contributed by atoms with Crippen molar-refractivity contribution in [2.75, 3.05) is 13.4 Å². The van der Waals surface area contributed by atoms with Crippen LogP contribution in [0.3, 0.4) is 0 Å². The Morgan fingerprint density at radius 1 is 1.38 bits per heavy atom. The Morgan fingerprint density at radius 3 is 2.92 bits per heavy atom. The average Bonchev–Trinajstić information content (AvgIpc) is 3.09. The first-order chi connectivity index (χ1) is 12.5. The molecule has 0 spiro atoms. The quantitative estimate of drug-likeness (QED) is 0.445. The van der Waals surface area contributed by atoms with Gasteiger partial charge in [0.05, 0.1) is 27.8 Å². The predicted molar refractivity (Wildman–Crippen MR) is 93.4 cm³/mol. The van der Waals surface area contributed by atoms with Crippen LogP contribution in [-0.2, 0) is 4.74 Å². The second kappa shape index (κ2) is 7.40. The van der Waals surface area contributed by atoms with E-state index in [0.29, 0.717) is 22.1 Å². The minimum atomic E-state index is -0.688. The van der Waals surface area contributed by atoms with Crippen LogP contribution in [0.25, 0.3) is 12.2 Å². The maximum Gasteiger partial charge on any atom is 0.340 e. The minimum absolute atomic E-state index is 0.00383. The average molecular weight is 377 g/mol. The van der Waals surface area contributed by atoms with Crippen LogP contribution in [0, 0.1) is 10.1 Å². The molecular formula is C17H13ClN2O6. The highest BCUT2D eigenvalue weighted by Crippen LogP contribution is 2.40. The molecule has 1 aliphatic rings. The van der Waals surface area contributed by atoms with Gasteiger partial charge in [0.25, 0.3) is 5.69 Å². The second-order valence-corrected chi connectivity index (χ2v) is 5.58. The fourth-order valence-electron chi connectivity index (χ4n) is 2.33. The molecule has 0 aliphatic carbocycles. The van der Waals surface area contributed by atoms with Crippen LogP contribution >= 0.6 is 11.6 Å². The molecule has 0 unspecified atom stereocenters. The molecule has 0 fully saturated rings. The van der Waals surface area contributed by atoms with Crippen molar-refractivity contribution in [2.45, 2.75) is 6.92 Å². The van der Waals surface area contributed by atoms with Crippen LogP contribution < -0.4 is 9.47 Å². The van der Waals surface area contributed by atoms with Crippen molar-refractivity contribution in [2.24, 2.45) is 0 Å². The van der Waals surface area contributed by atoms with Gasteiger partial charge >= 0.3 is 5.97 Å². The number of esters is 1. The fourth-order valence-corrected chi connectivity index (χ4v) is 2.60. The molecule has 2 heterocycles. The molecule has 0 atom stereocenters. The summed E-state index contributed by atoms with van der Waals surface area (Å²) in [7, 11) is 0. The highest BCUT2D eigenvalue weighted by atomic mass is 35.5. The Bertz CT molecular complexity index is 912. The van der Waals surface area contributed by atoms with Crippen molar-refractivity contribution in [1.82, 2.24) is 4.98 Å². The van der Waals surface area contributed by atoms with E-state index in [0.717, 1.165) is 12.3 Å². The molecule has 0 N–H and O–H groups in total. The van der Waals surface area contributed by atoms with Gasteiger partial charge in [-0.1, -0.05) is 17.7 Å². The van der Waals surface area contributed by atoms with Crippen LogP contribution in [0.1, 0.15) is 28.5 Å². The van der Waals surface area contributed by atoms with Gasteiger partial charge in [-0.2, -0.15) is 0 Å². The summed E-state index contributed by atoms with van der Waals surface area (Å²) >= 11 is 6.13. The zero-order valence-corrected chi connectivity index (χ0v) is 14.4. The highest BCUT2D eigenvalue weighted by Gasteiger charge is 2.19. The molecule has 1 aromatic carbocycles. The molecular weight excluding hydrogens is 364 g/mol. The third-order valence-corrected chi connectivity index (χ3v) is 3.77. The van der Waals surface area contributed by atoms with Crippen molar-refractivity contribution < 1.29 is 23.9 Å². The zero-order chi connectivity index (χ0) is 18.7. The minimum Gasteiger partial charge on any atom is -0.462 e. The molecule has 0 radical (unpaired) electrons. The predicted octanol–water partition coefficient (Wildman–Crippen LogP) is 3.72. The Labute approximate surface area is 153 Å². The zero-order valence-electron chi connectivity index (χ0n) is 13.6. The third kappa shape index (κ3) is 3.60. The summed E-state index contributed by atoms with van der Waals surface area (Å²) in [5.41, 5.74) is 0.637. The smallest absolute Gasteiger partial charge is 0.340 e. The molecule has 0 amide bonds. The number of ether oxygens (including phenoxy) is 3. The number of carbonyl (C=O) groups is 1. The summed E-state index contributed by atoms with van der Waals surface area (Å²) in [5.74, 6) is 0.302. The number of pyridine rings is 1. The summed E-state index contributed by atoms with van der Waals surface area (Å²) in [6, 6.07) is 4.53. The SMILES string of the molecule is CCOC(=O)c1cc([N+](=O)[O-])cnc1/C=C/c1cc(Cl)c2c(c1)OCO2. The van der Waals surface area contributed by atoms with Gasteiger partial charge in [-0.15, -0.1) is 0 Å². The molecule has 0 saturated heterocycles. The number of nitro groups is 1. The topological polar surface area (TPSA) is 101 Å². The summed E-state index contributed by atoms with van der Waals surface area (Å²) in [6.07, 6.45) is 4.28. The Hall–Kier alpha value is -3.13. The molecule has 2 aromatic rings. The van der Waals surface area contributed by atoms with Gasteiger partial charge in [0, 0.05) is 6.07 Å². The van der Waals surface area contributed by atoms with Gasteiger partial charge in [0.15, 0.2) is 11.5 Å². The third-order valence-electron chi connectivity index (χ3n) is 3.49. The van der Waals surface area contributed by atoms with E-state index in [9.17, 15) is 14.9 Å². The van der Waals surface area contributed by atoms with Gasteiger partial charge in [0.1, 0.15) is 6.20 Å². The number of hydrogen-bond donors (Lipinski definition) is 0. The van der Waals surface area contributed by atoms with Gasteiger partial charge in [-0.3, -0.25) is 10.1 Å².